The second-order valence-corrected chi connectivity index (χ2v) is 5.20. The van der Waals surface area contributed by atoms with Crippen LogP contribution >= 0.6 is 11.3 Å². The van der Waals surface area contributed by atoms with Crippen LogP contribution in [-0.2, 0) is 9.53 Å². The van der Waals surface area contributed by atoms with Crippen molar-refractivity contribution >= 4 is 33.4 Å². The van der Waals surface area contributed by atoms with E-state index in [9.17, 15) is 9.59 Å². The van der Waals surface area contributed by atoms with Crippen molar-refractivity contribution in [1.82, 2.24) is 9.88 Å². The minimum atomic E-state index is -0.287. The Morgan fingerprint density at radius 3 is 2.95 bits per heavy atom. The van der Waals surface area contributed by atoms with Gasteiger partial charge in [0.15, 0.2) is 0 Å². The van der Waals surface area contributed by atoms with Gasteiger partial charge in [-0.2, -0.15) is 0 Å². The molecule has 0 N–H and O–H groups in total. The first-order valence-electron chi connectivity index (χ1n) is 6.36. The number of thiazole rings is 1. The van der Waals surface area contributed by atoms with E-state index in [1.165, 1.54) is 16.2 Å². The fourth-order valence-electron chi connectivity index (χ4n) is 1.80. The number of rotatable bonds is 5. The summed E-state index contributed by atoms with van der Waals surface area (Å²) in [7, 11) is 1.68. The summed E-state index contributed by atoms with van der Waals surface area (Å²) in [5, 5.41) is 0. The minimum Gasteiger partial charge on any atom is -0.466 e. The Bertz CT molecular complexity index is 624. The summed E-state index contributed by atoms with van der Waals surface area (Å²) in [5.74, 6) is -0.394. The Balaban J connectivity index is 2.00. The van der Waals surface area contributed by atoms with E-state index < -0.39 is 0 Å². The van der Waals surface area contributed by atoms with Gasteiger partial charge in [0, 0.05) is 19.2 Å². The lowest BCUT2D eigenvalue weighted by atomic mass is 10.2. The van der Waals surface area contributed by atoms with E-state index >= 15 is 0 Å². The molecule has 2 aromatic rings. The standard InChI is InChI=1S/C14H16N2O3S/c1-3-19-13(17)6-7-16(2)14(18)10-4-5-11-12(8-10)20-9-15-11/h4-5,8-9H,3,6-7H2,1-2H3. The summed E-state index contributed by atoms with van der Waals surface area (Å²) in [5.41, 5.74) is 3.25. The number of fused-ring (bicyclic) bond motifs is 1. The molecule has 0 saturated heterocycles. The molecular formula is C14H16N2O3S. The van der Waals surface area contributed by atoms with Gasteiger partial charge in [0.2, 0.25) is 0 Å². The third kappa shape index (κ3) is 3.33. The van der Waals surface area contributed by atoms with Gasteiger partial charge < -0.3 is 9.64 Å². The van der Waals surface area contributed by atoms with Crippen molar-refractivity contribution in [3.63, 3.8) is 0 Å². The molecule has 0 bridgehead atoms. The summed E-state index contributed by atoms with van der Waals surface area (Å²) in [6.07, 6.45) is 0.207. The van der Waals surface area contributed by atoms with Crippen LogP contribution in [0.5, 0.6) is 0 Å². The van der Waals surface area contributed by atoms with Crippen LogP contribution in [0.1, 0.15) is 23.7 Å². The van der Waals surface area contributed by atoms with Crippen molar-refractivity contribution in [2.24, 2.45) is 0 Å². The zero-order chi connectivity index (χ0) is 14.5. The highest BCUT2D eigenvalue weighted by atomic mass is 32.1. The molecule has 1 heterocycles. The number of hydrogen-bond acceptors (Lipinski definition) is 5. The smallest absolute Gasteiger partial charge is 0.307 e. The van der Waals surface area contributed by atoms with Gasteiger partial charge in [-0.3, -0.25) is 9.59 Å². The van der Waals surface area contributed by atoms with Crippen molar-refractivity contribution in [2.75, 3.05) is 20.2 Å². The highest BCUT2D eigenvalue weighted by molar-refractivity contribution is 7.16. The molecule has 0 saturated carbocycles. The van der Waals surface area contributed by atoms with E-state index in [0.29, 0.717) is 18.7 Å². The maximum atomic E-state index is 12.2. The van der Waals surface area contributed by atoms with Crippen LogP contribution in [0, 0.1) is 0 Å². The van der Waals surface area contributed by atoms with Crippen LogP contribution in [0.15, 0.2) is 23.7 Å². The average Bonchev–Trinajstić information content (AvgIpc) is 2.91. The quantitative estimate of drug-likeness (QED) is 0.794. The summed E-state index contributed by atoms with van der Waals surface area (Å²) in [6, 6.07) is 5.42. The molecule has 5 nitrogen and oxygen atoms in total. The van der Waals surface area contributed by atoms with Crippen molar-refractivity contribution in [3.05, 3.63) is 29.3 Å². The predicted octanol–water partition coefficient (Wildman–Crippen LogP) is 2.32. The second-order valence-electron chi connectivity index (χ2n) is 4.32. The SMILES string of the molecule is CCOC(=O)CCN(C)C(=O)c1ccc2ncsc2c1. The fraction of sp³-hybridized carbons (Fsp3) is 0.357. The molecule has 0 atom stereocenters. The van der Waals surface area contributed by atoms with Crippen LogP contribution in [0.2, 0.25) is 0 Å². The van der Waals surface area contributed by atoms with E-state index in [1.807, 2.05) is 12.1 Å². The molecule has 0 spiro atoms. The van der Waals surface area contributed by atoms with Gasteiger partial charge >= 0.3 is 5.97 Å². The van der Waals surface area contributed by atoms with E-state index in [0.717, 1.165) is 10.2 Å². The zero-order valence-corrected chi connectivity index (χ0v) is 12.3. The lowest BCUT2D eigenvalue weighted by Crippen LogP contribution is -2.29. The van der Waals surface area contributed by atoms with E-state index in [-0.39, 0.29) is 18.3 Å². The molecule has 0 radical (unpaired) electrons. The summed E-state index contributed by atoms with van der Waals surface area (Å²) >= 11 is 1.50. The number of amides is 1. The molecule has 0 aliphatic carbocycles. The predicted molar refractivity (Wildman–Crippen MR) is 77.8 cm³/mol. The Labute approximate surface area is 121 Å². The molecule has 0 unspecified atom stereocenters. The van der Waals surface area contributed by atoms with E-state index in [2.05, 4.69) is 4.98 Å². The van der Waals surface area contributed by atoms with Gasteiger partial charge in [-0.1, -0.05) is 0 Å². The molecule has 1 amide bonds. The first kappa shape index (κ1) is 14.5. The average molecular weight is 292 g/mol. The fourth-order valence-corrected chi connectivity index (χ4v) is 2.52. The van der Waals surface area contributed by atoms with Gasteiger partial charge in [-0.05, 0) is 25.1 Å². The van der Waals surface area contributed by atoms with Crippen molar-refractivity contribution in [2.45, 2.75) is 13.3 Å². The van der Waals surface area contributed by atoms with Crippen LogP contribution in [0.3, 0.4) is 0 Å². The Hall–Kier alpha value is -1.95. The zero-order valence-electron chi connectivity index (χ0n) is 11.5. The minimum absolute atomic E-state index is 0.107. The molecule has 1 aromatic carbocycles. The van der Waals surface area contributed by atoms with Crippen molar-refractivity contribution in [3.8, 4) is 0 Å². The lowest BCUT2D eigenvalue weighted by Gasteiger charge is -2.16. The van der Waals surface area contributed by atoms with Gasteiger partial charge in [-0.25, -0.2) is 4.98 Å². The van der Waals surface area contributed by atoms with Crippen LogP contribution in [-0.4, -0.2) is 42.0 Å². The first-order chi connectivity index (χ1) is 9.61. The molecule has 0 aliphatic rings. The number of benzene rings is 1. The van der Waals surface area contributed by atoms with E-state index in [1.54, 1.807) is 25.5 Å². The Morgan fingerprint density at radius 1 is 1.40 bits per heavy atom. The normalized spacial score (nSPS) is 10.5. The molecule has 0 aliphatic heterocycles. The molecule has 1 aromatic heterocycles. The Kier molecular flexibility index (Phi) is 4.68. The molecular weight excluding hydrogens is 276 g/mol. The van der Waals surface area contributed by atoms with Crippen LogP contribution in [0.25, 0.3) is 10.2 Å². The number of esters is 1. The van der Waals surface area contributed by atoms with Gasteiger partial charge in [0.05, 0.1) is 28.8 Å². The maximum absolute atomic E-state index is 12.2. The monoisotopic (exact) mass is 292 g/mol. The number of ether oxygens (including phenoxy) is 1. The first-order valence-corrected chi connectivity index (χ1v) is 7.24. The van der Waals surface area contributed by atoms with Crippen LogP contribution < -0.4 is 0 Å². The molecule has 6 heteroatoms. The topological polar surface area (TPSA) is 59.5 Å². The van der Waals surface area contributed by atoms with Gasteiger partial charge in [0.25, 0.3) is 5.91 Å². The Morgan fingerprint density at radius 2 is 2.20 bits per heavy atom. The summed E-state index contributed by atoms with van der Waals surface area (Å²) in [6.45, 7) is 2.47. The number of carbonyl (C=O) groups is 2. The largest absolute Gasteiger partial charge is 0.466 e. The number of hydrogen-bond donors (Lipinski definition) is 0. The van der Waals surface area contributed by atoms with Crippen molar-refractivity contribution < 1.29 is 14.3 Å². The molecule has 2 rings (SSSR count). The number of carbonyl (C=O) groups excluding carboxylic acids is 2. The van der Waals surface area contributed by atoms with Crippen LogP contribution in [0.4, 0.5) is 0 Å². The summed E-state index contributed by atoms with van der Waals surface area (Å²) < 4.78 is 5.82. The van der Waals surface area contributed by atoms with Crippen molar-refractivity contribution in [1.29, 1.82) is 0 Å². The third-order valence-electron chi connectivity index (χ3n) is 2.88. The highest BCUT2D eigenvalue weighted by Crippen LogP contribution is 2.19. The summed E-state index contributed by atoms with van der Waals surface area (Å²) in [4.78, 5) is 29.2. The lowest BCUT2D eigenvalue weighted by molar-refractivity contribution is -0.143. The van der Waals surface area contributed by atoms with Gasteiger partial charge in [-0.15, -0.1) is 11.3 Å². The van der Waals surface area contributed by atoms with Gasteiger partial charge in [0.1, 0.15) is 0 Å². The second kappa shape index (κ2) is 6.47. The number of aromatic nitrogens is 1. The highest BCUT2D eigenvalue weighted by Gasteiger charge is 2.14. The molecule has 20 heavy (non-hydrogen) atoms. The number of nitrogens with zero attached hydrogens (tertiary/aromatic N) is 2. The molecule has 0 fully saturated rings. The van der Waals surface area contributed by atoms with E-state index in [4.69, 9.17) is 4.74 Å². The molecule has 106 valence electrons. The maximum Gasteiger partial charge on any atom is 0.307 e. The third-order valence-corrected chi connectivity index (χ3v) is 3.67.